The van der Waals surface area contributed by atoms with E-state index in [2.05, 4.69) is 20.9 Å². The fraction of sp³-hybridized carbons (Fsp3) is 0.214. The molecule has 0 fully saturated rings. The van der Waals surface area contributed by atoms with Gasteiger partial charge in [0.1, 0.15) is 17.1 Å². The van der Waals surface area contributed by atoms with E-state index in [-0.39, 0.29) is 23.0 Å². The standard InChI is InChI=1S/C28H28N4O4/c1-17(30-23-24(26(34)25(23)33)31-21-12-14-29-15-13-21)19-6-5-7-20(16-19)18-8-10-22(11-9-18)36-27(35)32-28(2,3)4/h5-17,30H,1-4H3,(H,29,31)(H,32,35). The molecule has 0 bridgehead atoms. The Morgan fingerprint density at radius 2 is 1.56 bits per heavy atom. The Morgan fingerprint density at radius 3 is 2.22 bits per heavy atom. The Labute approximate surface area is 209 Å². The Hall–Kier alpha value is -4.46. The van der Waals surface area contributed by atoms with Crippen LogP contribution in [0.5, 0.6) is 5.75 Å². The minimum absolute atomic E-state index is 0.227. The lowest BCUT2D eigenvalue weighted by Crippen LogP contribution is -2.42. The predicted octanol–water partition coefficient (Wildman–Crippen LogP) is 5.15. The summed E-state index contributed by atoms with van der Waals surface area (Å²) in [5, 5.41) is 8.94. The second-order valence-corrected chi connectivity index (χ2v) is 9.55. The maximum absolute atomic E-state index is 12.2. The predicted molar refractivity (Wildman–Crippen MR) is 142 cm³/mol. The summed E-state index contributed by atoms with van der Waals surface area (Å²) in [4.78, 5) is 40.3. The van der Waals surface area contributed by atoms with E-state index in [0.717, 1.165) is 16.7 Å². The van der Waals surface area contributed by atoms with Gasteiger partial charge in [-0.1, -0.05) is 30.3 Å². The molecule has 1 amide bonds. The van der Waals surface area contributed by atoms with Crippen molar-refractivity contribution in [2.45, 2.75) is 39.3 Å². The van der Waals surface area contributed by atoms with E-state index in [1.165, 1.54) is 0 Å². The first kappa shape index (κ1) is 24.7. The van der Waals surface area contributed by atoms with E-state index in [0.29, 0.717) is 11.4 Å². The van der Waals surface area contributed by atoms with Crippen LogP contribution in [-0.2, 0) is 0 Å². The Kier molecular flexibility index (Phi) is 6.87. The molecular formula is C28H28N4O4. The summed E-state index contributed by atoms with van der Waals surface area (Å²) in [5.74, 6) is 0.445. The first-order chi connectivity index (χ1) is 17.1. The van der Waals surface area contributed by atoms with E-state index in [1.807, 2.05) is 64.1 Å². The molecule has 0 aliphatic rings. The molecule has 0 radical (unpaired) electrons. The van der Waals surface area contributed by atoms with Gasteiger partial charge < -0.3 is 20.7 Å². The SMILES string of the molecule is CC(Nc1c(Nc2ccncc2)c(=O)c1=O)c1cccc(-c2ccc(OC(=O)NC(C)(C)C)cc2)c1. The van der Waals surface area contributed by atoms with Crippen molar-refractivity contribution >= 4 is 23.2 Å². The number of pyridine rings is 1. The maximum Gasteiger partial charge on any atom is 0.413 e. The van der Waals surface area contributed by atoms with Gasteiger partial charge in [-0.25, -0.2) is 4.79 Å². The largest absolute Gasteiger partial charge is 0.413 e. The third-order valence-electron chi connectivity index (χ3n) is 5.48. The maximum atomic E-state index is 12.2. The van der Waals surface area contributed by atoms with Crippen molar-refractivity contribution < 1.29 is 9.53 Å². The van der Waals surface area contributed by atoms with Crippen molar-refractivity contribution in [3.8, 4) is 16.9 Å². The van der Waals surface area contributed by atoms with Gasteiger partial charge in [-0.2, -0.15) is 0 Å². The van der Waals surface area contributed by atoms with Crippen molar-refractivity contribution in [2.75, 3.05) is 10.6 Å². The second-order valence-electron chi connectivity index (χ2n) is 9.55. The highest BCUT2D eigenvalue weighted by Gasteiger charge is 2.23. The first-order valence-electron chi connectivity index (χ1n) is 11.6. The molecule has 36 heavy (non-hydrogen) atoms. The van der Waals surface area contributed by atoms with E-state index in [9.17, 15) is 14.4 Å². The molecule has 4 aromatic rings. The number of hydrogen-bond acceptors (Lipinski definition) is 7. The van der Waals surface area contributed by atoms with Crippen LogP contribution in [0.2, 0.25) is 0 Å². The number of carbonyl (C=O) groups excluding carboxylic acids is 1. The molecule has 0 saturated carbocycles. The first-order valence-corrected chi connectivity index (χ1v) is 11.6. The number of nitrogens with zero attached hydrogens (tertiary/aromatic N) is 1. The summed E-state index contributed by atoms with van der Waals surface area (Å²) in [6, 6.07) is 18.3. The molecule has 184 valence electrons. The molecule has 8 heteroatoms. The van der Waals surface area contributed by atoms with Gasteiger partial charge in [0.05, 0.1) is 0 Å². The highest BCUT2D eigenvalue weighted by atomic mass is 16.6. The van der Waals surface area contributed by atoms with Gasteiger partial charge in [-0.15, -0.1) is 0 Å². The van der Waals surface area contributed by atoms with Crippen LogP contribution >= 0.6 is 0 Å². The van der Waals surface area contributed by atoms with Crippen LogP contribution in [0.1, 0.15) is 39.3 Å². The average Bonchev–Trinajstić information content (AvgIpc) is 2.85. The van der Waals surface area contributed by atoms with Gasteiger partial charge in [-0.05, 0) is 74.7 Å². The second kappa shape index (κ2) is 10.0. The third-order valence-corrected chi connectivity index (χ3v) is 5.48. The van der Waals surface area contributed by atoms with Crippen LogP contribution in [0.3, 0.4) is 0 Å². The van der Waals surface area contributed by atoms with Crippen molar-refractivity contribution in [1.82, 2.24) is 10.3 Å². The number of hydrogen-bond donors (Lipinski definition) is 3. The van der Waals surface area contributed by atoms with Crippen molar-refractivity contribution in [1.29, 1.82) is 0 Å². The quantitative estimate of drug-likeness (QED) is 0.311. The van der Waals surface area contributed by atoms with Gasteiger partial charge >= 0.3 is 6.09 Å². The Bertz CT molecular complexity index is 1430. The molecule has 1 aromatic heterocycles. The van der Waals surface area contributed by atoms with Crippen LogP contribution in [0.15, 0.2) is 82.6 Å². The molecule has 3 N–H and O–H groups in total. The molecule has 8 nitrogen and oxygen atoms in total. The summed E-state index contributed by atoms with van der Waals surface area (Å²) >= 11 is 0. The van der Waals surface area contributed by atoms with Crippen LogP contribution in [0.25, 0.3) is 11.1 Å². The topological polar surface area (TPSA) is 109 Å². The summed E-state index contributed by atoms with van der Waals surface area (Å²) < 4.78 is 5.34. The van der Waals surface area contributed by atoms with Crippen molar-refractivity contribution in [3.05, 3.63) is 99.1 Å². The summed E-state index contributed by atoms with van der Waals surface area (Å²) in [6.07, 6.45) is 2.70. The fourth-order valence-corrected chi connectivity index (χ4v) is 3.67. The number of amides is 1. The number of carbonyl (C=O) groups is 1. The monoisotopic (exact) mass is 484 g/mol. The van der Waals surface area contributed by atoms with Crippen molar-refractivity contribution in [3.63, 3.8) is 0 Å². The van der Waals surface area contributed by atoms with Crippen molar-refractivity contribution in [2.24, 2.45) is 0 Å². The Morgan fingerprint density at radius 1 is 0.889 bits per heavy atom. The highest BCUT2D eigenvalue weighted by Crippen LogP contribution is 2.28. The zero-order valence-corrected chi connectivity index (χ0v) is 20.6. The zero-order chi connectivity index (χ0) is 25.9. The minimum atomic E-state index is -0.547. The third kappa shape index (κ3) is 5.78. The number of benzene rings is 2. The van der Waals surface area contributed by atoms with Gasteiger partial charge in [0.15, 0.2) is 0 Å². The normalized spacial score (nSPS) is 12.1. The Balaban J connectivity index is 1.46. The molecular weight excluding hydrogens is 456 g/mol. The molecule has 4 rings (SSSR count). The van der Waals surface area contributed by atoms with Gasteiger partial charge in [0.2, 0.25) is 0 Å². The number of rotatable bonds is 7. The summed E-state index contributed by atoms with van der Waals surface area (Å²) in [6.45, 7) is 7.58. The fourth-order valence-electron chi connectivity index (χ4n) is 3.67. The molecule has 0 saturated heterocycles. The lowest BCUT2D eigenvalue weighted by Gasteiger charge is -2.20. The van der Waals surface area contributed by atoms with Crippen LogP contribution < -0.4 is 31.5 Å². The molecule has 1 heterocycles. The smallest absolute Gasteiger partial charge is 0.410 e. The zero-order valence-electron chi connectivity index (χ0n) is 20.6. The van der Waals surface area contributed by atoms with Crippen LogP contribution in [0.4, 0.5) is 21.9 Å². The molecule has 0 aliphatic carbocycles. The molecule has 1 atom stereocenters. The molecule has 1 unspecified atom stereocenters. The lowest BCUT2D eigenvalue weighted by molar-refractivity contribution is 0.190. The van der Waals surface area contributed by atoms with E-state index >= 15 is 0 Å². The summed E-state index contributed by atoms with van der Waals surface area (Å²) in [7, 11) is 0. The average molecular weight is 485 g/mol. The van der Waals surface area contributed by atoms with Gasteiger partial charge in [-0.3, -0.25) is 14.6 Å². The lowest BCUT2D eigenvalue weighted by atomic mass is 9.99. The number of aromatic nitrogens is 1. The van der Waals surface area contributed by atoms with E-state index < -0.39 is 17.0 Å². The number of ether oxygens (including phenoxy) is 1. The molecule has 0 spiro atoms. The van der Waals surface area contributed by atoms with Gasteiger partial charge in [0, 0.05) is 29.7 Å². The molecule has 0 aliphatic heterocycles. The number of anilines is 3. The highest BCUT2D eigenvalue weighted by molar-refractivity contribution is 5.79. The molecule has 3 aromatic carbocycles. The summed E-state index contributed by atoms with van der Waals surface area (Å²) in [5.41, 5.74) is 2.58. The minimum Gasteiger partial charge on any atom is -0.410 e. The van der Waals surface area contributed by atoms with E-state index in [1.54, 1.807) is 36.7 Å². The van der Waals surface area contributed by atoms with Crippen LogP contribution in [-0.4, -0.2) is 16.6 Å². The van der Waals surface area contributed by atoms with Crippen LogP contribution in [0, 0.1) is 0 Å². The number of nitrogens with one attached hydrogen (secondary N) is 3. The van der Waals surface area contributed by atoms with E-state index in [4.69, 9.17) is 4.74 Å². The van der Waals surface area contributed by atoms with Gasteiger partial charge in [0.25, 0.3) is 10.9 Å².